The lowest BCUT2D eigenvalue weighted by molar-refractivity contribution is 0.102. The van der Waals surface area contributed by atoms with Crippen LogP contribution in [0.15, 0.2) is 30.6 Å². The third kappa shape index (κ3) is 2.23. The number of aromatic nitrogens is 7. The summed E-state index contributed by atoms with van der Waals surface area (Å²) in [6, 6.07) is 6.89. The van der Waals surface area contributed by atoms with Gasteiger partial charge in [-0.25, -0.2) is 5.10 Å². The number of carbonyl (C=O) groups is 1. The van der Waals surface area contributed by atoms with Crippen molar-refractivity contribution in [3.05, 3.63) is 42.0 Å². The summed E-state index contributed by atoms with van der Waals surface area (Å²) in [6.07, 6.45) is 1.32. The Morgan fingerprint density at radius 2 is 2.10 bits per heavy atom. The highest BCUT2D eigenvalue weighted by Crippen LogP contribution is 2.10. The molecular weight excluding hydrogens is 260 g/mol. The molecule has 0 saturated carbocycles. The molecule has 1 aromatic carbocycles. The highest BCUT2D eigenvalue weighted by Gasteiger charge is 2.09. The number of tetrazole rings is 1. The van der Waals surface area contributed by atoms with Gasteiger partial charge in [0, 0.05) is 5.56 Å². The number of anilines is 1. The fourth-order valence-electron chi connectivity index (χ4n) is 1.67. The van der Waals surface area contributed by atoms with Crippen LogP contribution in [0.5, 0.6) is 0 Å². The minimum absolute atomic E-state index is 0.276. The molecule has 9 heteroatoms. The number of aromatic amines is 1. The van der Waals surface area contributed by atoms with Crippen molar-refractivity contribution in [2.75, 3.05) is 5.32 Å². The Bertz CT molecular complexity index is 715. The van der Waals surface area contributed by atoms with Gasteiger partial charge in [0.05, 0.1) is 5.69 Å². The van der Waals surface area contributed by atoms with E-state index in [0.717, 1.165) is 5.69 Å². The van der Waals surface area contributed by atoms with Gasteiger partial charge in [0.15, 0.2) is 5.82 Å². The molecule has 0 fully saturated rings. The SMILES string of the molecule is Cc1nnnn1-c1ccc(C(=O)Nc2ncn[nH]2)cc1. The van der Waals surface area contributed by atoms with Crippen LogP contribution in [0.1, 0.15) is 16.2 Å². The number of carbonyl (C=O) groups excluding carboxylic acids is 1. The molecule has 0 unspecified atom stereocenters. The van der Waals surface area contributed by atoms with Gasteiger partial charge in [-0.2, -0.15) is 14.8 Å². The molecule has 2 N–H and O–H groups in total. The molecule has 1 amide bonds. The Hall–Kier alpha value is -3.10. The van der Waals surface area contributed by atoms with E-state index < -0.39 is 0 Å². The van der Waals surface area contributed by atoms with Crippen LogP contribution in [-0.2, 0) is 0 Å². The lowest BCUT2D eigenvalue weighted by atomic mass is 10.2. The molecule has 0 saturated heterocycles. The average molecular weight is 270 g/mol. The average Bonchev–Trinajstić information content (AvgIpc) is 3.10. The molecule has 0 spiro atoms. The molecule has 0 aliphatic heterocycles. The first-order valence-corrected chi connectivity index (χ1v) is 5.76. The van der Waals surface area contributed by atoms with Crippen molar-refractivity contribution in [2.45, 2.75) is 6.92 Å². The number of amides is 1. The van der Waals surface area contributed by atoms with E-state index in [1.807, 2.05) is 0 Å². The van der Waals surface area contributed by atoms with Crippen LogP contribution in [0.25, 0.3) is 5.69 Å². The van der Waals surface area contributed by atoms with Crippen molar-refractivity contribution >= 4 is 11.9 Å². The molecular formula is C11H10N8O. The second-order valence-corrected chi connectivity index (χ2v) is 3.97. The second-order valence-electron chi connectivity index (χ2n) is 3.97. The van der Waals surface area contributed by atoms with Gasteiger partial charge >= 0.3 is 0 Å². The quantitative estimate of drug-likeness (QED) is 0.709. The van der Waals surface area contributed by atoms with Crippen molar-refractivity contribution < 1.29 is 4.79 Å². The first-order chi connectivity index (χ1) is 9.74. The van der Waals surface area contributed by atoms with Crippen LogP contribution in [0.4, 0.5) is 5.95 Å². The summed E-state index contributed by atoms with van der Waals surface area (Å²) in [5.74, 6) is 0.695. The Kier molecular flexibility index (Phi) is 2.92. The van der Waals surface area contributed by atoms with E-state index in [4.69, 9.17) is 0 Å². The smallest absolute Gasteiger partial charge is 0.258 e. The minimum atomic E-state index is -0.276. The normalized spacial score (nSPS) is 10.4. The molecule has 0 aliphatic rings. The summed E-state index contributed by atoms with van der Waals surface area (Å²) in [4.78, 5) is 15.8. The van der Waals surface area contributed by atoms with E-state index in [1.165, 1.54) is 6.33 Å². The van der Waals surface area contributed by atoms with Gasteiger partial charge < -0.3 is 0 Å². The van der Waals surface area contributed by atoms with Gasteiger partial charge in [0.1, 0.15) is 6.33 Å². The Morgan fingerprint density at radius 1 is 1.30 bits per heavy atom. The number of nitrogens with one attached hydrogen (secondary N) is 2. The van der Waals surface area contributed by atoms with Crippen molar-refractivity contribution in [3.8, 4) is 5.69 Å². The van der Waals surface area contributed by atoms with Crippen molar-refractivity contribution in [2.24, 2.45) is 0 Å². The van der Waals surface area contributed by atoms with Gasteiger partial charge in [0.2, 0.25) is 5.95 Å². The lowest BCUT2D eigenvalue weighted by Gasteiger charge is -2.04. The Balaban J connectivity index is 1.79. The van der Waals surface area contributed by atoms with Crippen LogP contribution in [0, 0.1) is 6.92 Å². The molecule has 3 rings (SSSR count). The maximum absolute atomic E-state index is 11.9. The third-order valence-corrected chi connectivity index (χ3v) is 2.65. The standard InChI is InChI=1S/C11H10N8O/c1-7-15-17-18-19(7)9-4-2-8(3-5-9)10(20)14-11-12-6-13-16-11/h2-6H,1H3,(H2,12,13,14,16,20). The fourth-order valence-corrected chi connectivity index (χ4v) is 1.67. The van der Waals surface area contributed by atoms with Crippen LogP contribution in [0.2, 0.25) is 0 Å². The first-order valence-electron chi connectivity index (χ1n) is 5.76. The molecule has 20 heavy (non-hydrogen) atoms. The number of nitrogens with zero attached hydrogens (tertiary/aromatic N) is 6. The summed E-state index contributed by atoms with van der Waals surface area (Å²) in [5, 5.41) is 20.0. The van der Waals surface area contributed by atoms with Gasteiger partial charge in [-0.05, 0) is 41.6 Å². The summed E-state index contributed by atoms with van der Waals surface area (Å²) < 4.78 is 1.58. The van der Waals surface area contributed by atoms with E-state index in [9.17, 15) is 4.79 Å². The van der Waals surface area contributed by atoms with Gasteiger partial charge in [-0.1, -0.05) is 0 Å². The van der Waals surface area contributed by atoms with E-state index in [1.54, 1.807) is 35.9 Å². The third-order valence-electron chi connectivity index (χ3n) is 2.65. The molecule has 3 aromatic rings. The maximum atomic E-state index is 11.9. The van der Waals surface area contributed by atoms with E-state index in [0.29, 0.717) is 17.3 Å². The van der Waals surface area contributed by atoms with E-state index in [-0.39, 0.29) is 5.91 Å². The number of H-pyrrole nitrogens is 1. The Morgan fingerprint density at radius 3 is 2.70 bits per heavy atom. The number of benzene rings is 1. The van der Waals surface area contributed by atoms with Crippen LogP contribution >= 0.6 is 0 Å². The summed E-state index contributed by atoms with van der Waals surface area (Å²) in [7, 11) is 0. The highest BCUT2D eigenvalue weighted by molar-refractivity contribution is 6.03. The van der Waals surface area contributed by atoms with E-state index in [2.05, 4.69) is 36.0 Å². The molecule has 2 aromatic heterocycles. The zero-order valence-electron chi connectivity index (χ0n) is 10.5. The second kappa shape index (κ2) is 4.88. The predicted molar refractivity (Wildman–Crippen MR) is 68.2 cm³/mol. The topological polar surface area (TPSA) is 114 Å². The molecule has 0 atom stereocenters. The molecule has 100 valence electrons. The zero-order chi connectivity index (χ0) is 13.9. The molecule has 2 heterocycles. The van der Waals surface area contributed by atoms with E-state index >= 15 is 0 Å². The summed E-state index contributed by atoms with van der Waals surface area (Å²) in [6.45, 7) is 1.80. The summed E-state index contributed by atoms with van der Waals surface area (Å²) >= 11 is 0. The molecule has 0 aliphatic carbocycles. The number of rotatable bonds is 3. The first kappa shape index (κ1) is 12.0. The van der Waals surface area contributed by atoms with Crippen LogP contribution < -0.4 is 5.32 Å². The zero-order valence-corrected chi connectivity index (χ0v) is 10.5. The monoisotopic (exact) mass is 270 g/mol. The lowest BCUT2D eigenvalue weighted by Crippen LogP contribution is -2.13. The fraction of sp³-hybridized carbons (Fsp3) is 0.0909. The molecule has 0 bridgehead atoms. The van der Waals surface area contributed by atoms with Gasteiger partial charge in [-0.3, -0.25) is 10.1 Å². The van der Waals surface area contributed by atoms with Crippen LogP contribution in [-0.4, -0.2) is 41.3 Å². The van der Waals surface area contributed by atoms with Crippen molar-refractivity contribution in [3.63, 3.8) is 0 Å². The van der Waals surface area contributed by atoms with Crippen molar-refractivity contribution in [1.29, 1.82) is 0 Å². The Labute approximate surface area is 113 Å². The van der Waals surface area contributed by atoms with Crippen LogP contribution in [0.3, 0.4) is 0 Å². The molecule has 0 radical (unpaired) electrons. The predicted octanol–water partition coefficient (Wildman–Crippen LogP) is 0.341. The van der Waals surface area contributed by atoms with Crippen molar-refractivity contribution in [1.82, 2.24) is 35.4 Å². The van der Waals surface area contributed by atoms with Gasteiger partial charge in [0.25, 0.3) is 5.91 Å². The van der Waals surface area contributed by atoms with Gasteiger partial charge in [-0.15, -0.1) is 5.10 Å². The number of hydrogen-bond donors (Lipinski definition) is 2. The highest BCUT2D eigenvalue weighted by atomic mass is 16.1. The molecule has 9 nitrogen and oxygen atoms in total. The maximum Gasteiger partial charge on any atom is 0.258 e. The minimum Gasteiger partial charge on any atom is -0.291 e. The number of aryl methyl sites for hydroxylation is 1. The largest absolute Gasteiger partial charge is 0.291 e. The summed E-state index contributed by atoms with van der Waals surface area (Å²) in [5.41, 5.74) is 1.28. The number of hydrogen-bond acceptors (Lipinski definition) is 6.